The highest BCUT2D eigenvalue weighted by molar-refractivity contribution is 5.58. The second kappa shape index (κ2) is 3.38. The van der Waals surface area contributed by atoms with Gasteiger partial charge in [-0.2, -0.15) is 0 Å². The molecule has 1 heterocycles. The van der Waals surface area contributed by atoms with Crippen LogP contribution in [0.4, 0.5) is 5.69 Å². The summed E-state index contributed by atoms with van der Waals surface area (Å²) in [5.74, 6) is 0. The fraction of sp³-hybridized carbons (Fsp3) is 0.455. The Labute approximate surface area is 78.6 Å². The SMILES string of the molecule is Cc1ccc2c(c1CO)CCCN2. The Morgan fingerprint density at radius 2 is 2.31 bits per heavy atom. The highest BCUT2D eigenvalue weighted by atomic mass is 16.3. The number of rotatable bonds is 1. The Bertz CT molecular complexity index is 320. The molecule has 0 bridgehead atoms. The Morgan fingerprint density at radius 3 is 3.08 bits per heavy atom. The first-order valence-corrected chi connectivity index (χ1v) is 4.79. The molecule has 0 unspecified atom stereocenters. The van der Waals surface area contributed by atoms with Crippen molar-refractivity contribution >= 4 is 5.69 Å². The molecule has 1 aliphatic rings. The Morgan fingerprint density at radius 1 is 1.46 bits per heavy atom. The van der Waals surface area contributed by atoms with E-state index >= 15 is 0 Å². The summed E-state index contributed by atoms with van der Waals surface area (Å²) in [6.07, 6.45) is 2.27. The van der Waals surface area contributed by atoms with E-state index in [2.05, 4.69) is 24.4 Å². The van der Waals surface area contributed by atoms with E-state index in [1.54, 1.807) is 0 Å². The predicted molar refractivity (Wildman–Crippen MR) is 53.9 cm³/mol. The smallest absolute Gasteiger partial charge is 0.0687 e. The lowest BCUT2D eigenvalue weighted by atomic mass is 9.94. The van der Waals surface area contributed by atoms with Crippen molar-refractivity contribution < 1.29 is 5.11 Å². The lowest BCUT2D eigenvalue weighted by Gasteiger charge is -2.21. The van der Waals surface area contributed by atoms with Crippen LogP contribution in [0.3, 0.4) is 0 Å². The van der Waals surface area contributed by atoms with E-state index in [9.17, 15) is 5.11 Å². The van der Waals surface area contributed by atoms with Crippen LogP contribution in [0.1, 0.15) is 23.1 Å². The van der Waals surface area contributed by atoms with Gasteiger partial charge in [-0.3, -0.25) is 0 Å². The molecule has 2 heteroatoms. The van der Waals surface area contributed by atoms with Gasteiger partial charge >= 0.3 is 0 Å². The first kappa shape index (κ1) is 8.57. The molecule has 0 saturated heterocycles. The quantitative estimate of drug-likeness (QED) is 0.686. The monoisotopic (exact) mass is 177 g/mol. The second-order valence-electron chi connectivity index (χ2n) is 3.58. The molecule has 1 aromatic rings. The van der Waals surface area contributed by atoms with Gasteiger partial charge in [-0.05, 0) is 42.5 Å². The van der Waals surface area contributed by atoms with Gasteiger partial charge in [-0.25, -0.2) is 0 Å². The van der Waals surface area contributed by atoms with E-state index in [0.29, 0.717) is 0 Å². The number of hydrogen-bond acceptors (Lipinski definition) is 2. The molecule has 0 aromatic heterocycles. The van der Waals surface area contributed by atoms with Gasteiger partial charge in [0.25, 0.3) is 0 Å². The largest absolute Gasteiger partial charge is 0.392 e. The molecule has 13 heavy (non-hydrogen) atoms. The van der Waals surface area contributed by atoms with Crippen molar-refractivity contribution in [1.82, 2.24) is 0 Å². The minimum Gasteiger partial charge on any atom is -0.392 e. The Balaban J connectivity index is 2.52. The topological polar surface area (TPSA) is 32.3 Å². The zero-order valence-corrected chi connectivity index (χ0v) is 7.93. The first-order chi connectivity index (χ1) is 6.33. The summed E-state index contributed by atoms with van der Waals surface area (Å²) in [7, 11) is 0. The summed E-state index contributed by atoms with van der Waals surface area (Å²) >= 11 is 0. The molecule has 0 spiro atoms. The van der Waals surface area contributed by atoms with Crippen LogP contribution in [-0.4, -0.2) is 11.7 Å². The molecule has 0 amide bonds. The molecule has 1 aliphatic heterocycles. The summed E-state index contributed by atoms with van der Waals surface area (Å²) in [6, 6.07) is 4.19. The summed E-state index contributed by atoms with van der Waals surface area (Å²) in [6.45, 7) is 3.28. The van der Waals surface area contributed by atoms with Gasteiger partial charge < -0.3 is 10.4 Å². The number of aliphatic hydroxyl groups is 1. The maximum absolute atomic E-state index is 9.25. The van der Waals surface area contributed by atoms with Crippen LogP contribution in [0.25, 0.3) is 0 Å². The van der Waals surface area contributed by atoms with E-state index in [0.717, 1.165) is 18.5 Å². The number of aliphatic hydroxyl groups excluding tert-OH is 1. The maximum atomic E-state index is 9.25. The molecular formula is C11H15NO. The molecule has 70 valence electrons. The second-order valence-corrected chi connectivity index (χ2v) is 3.58. The van der Waals surface area contributed by atoms with Crippen LogP contribution < -0.4 is 5.32 Å². The van der Waals surface area contributed by atoms with E-state index in [-0.39, 0.29) is 6.61 Å². The van der Waals surface area contributed by atoms with Crippen LogP contribution in [0.5, 0.6) is 0 Å². The van der Waals surface area contributed by atoms with Gasteiger partial charge in [0.15, 0.2) is 0 Å². The third-order valence-electron chi connectivity index (χ3n) is 2.74. The molecule has 0 fully saturated rings. The zero-order chi connectivity index (χ0) is 9.26. The van der Waals surface area contributed by atoms with Crippen LogP contribution in [-0.2, 0) is 13.0 Å². The van der Waals surface area contributed by atoms with Crippen molar-refractivity contribution in [2.75, 3.05) is 11.9 Å². The zero-order valence-electron chi connectivity index (χ0n) is 7.93. The van der Waals surface area contributed by atoms with Gasteiger partial charge in [0.1, 0.15) is 0 Å². The van der Waals surface area contributed by atoms with E-state index in [1.807, 2.05) is 0 Å². The first-order valence-electron chi connectivity index (χ1n) is 4.79. The normalized spacial score (nSPS) is 14.9. The van der Waals surface area contributed by atoms with Crippen LogP contribution in [0, 0.1) is 6.92 Å². The van der Waals surface area contributed by atoms with Gasteiger partial charge in [0.2, 0.25) is 0 Å². The molecule has 1 aromatic carbocycles. The molecular weight excluding hydrogens is 162 g/mol. The van der Waals surface area contributed by atoms with Crippen molar-refractivity contribution in [2.24, 2.45) is 0 Å². The molecule has 0 saturated carbocycles. The van der Waals surface area contributed by atoms with Gasteiger partial charge in [-0.15, -0.1) is 0 Å². The van der Waals surface area contributed by atoms with E-state index < -0.39 is 0 Å². The maximum Gasteiger partial charge on any atom is 0.0687 e. The molecule has 2 rings (SSSR count). The fourth-order valence-electron chi connectivity index (χ4n) is 1.97. The van der Waals surface area contributed by atoms with Gasteiger partial charge in [0, 0.05) is 12.2 Å². The minimum absolute atomic E-state index is 0.163. The van der Waals surface area contributed by atoms with E-state index in [4.69, 9.17) is 0 Å². The average Bonchev–Trinajstić information content (AvgIpc) is 2.18. The van der Waals surface area contributed by atoms with Crippen molar-refractivity contribution in [1.29, 1.82) is 0 Å². The minimum atomic E-state index is 0.163. The molecule has 2 nitrogen and oxygen atoms in total. The van der Waals surface area contributed by atoms with Gasteiger partial charge in [0.05, 0.1) is 6.61 Å². The Hall–Kier alpha value is -1.02. The predicted octanol–water partition coefficient (Wildman–Crippen LogP) is 1.85. The molecule has 2 N–H and O–H groups in total. The van der Waals surface area contributed by atoms with Crippen molar-refractivity contribution in [3.05, 3.63) is 28.8 Å². The van der Waals surface area contributed by atoms with Crippen molar-refractivity contribution in [2.45, 2.75) is 26.4 Å². The van der Waals surface area contributed by atoms with Crippen LogP contribution in [0.2, 0.25) is 0 Å². The summed E-state index contributed by atoms with van der Waals surface area (Å²) in [4.78, 5) is 0. The van der Waals surface area contributed by atoms with Crippen molar-refractivity contribution in [3.63, 3.8) is 0 Å². The van der Waals surface area contributed by atoms with Crippen LogP contribution in [0.15, 0.2) is 12.1 Å². The average molecular weight is 177 g/mol. The summed E-state index contributed by atoms with van der Waals surface area (Å²) < 4.78 is 0. The molecule has 0 aliphatic carbocycles. The number of aryl methyl sites for hydroxylation is 1. The number of hydrogen-bond donors (Lipinski definition) is 2. The number of nitrogens with one attached hydrogen (secondary N) is 1. The molecule has 0 atom stereocenters. The summed E-state index contributed by atoms with van der Waals surface area (Å²) in [5, 5.41) is 12.6. The third-order valence-corrected chi connectivity index (χ3v) is 2.74. The fourth-order valence-corrected chi connectivity index (χ4v) is 1.97. The number of fused-ring (bicyclic) bond motifs is 1. The van der Waals surface area contributed by atoms with E-state index in [1.165, 1.54) is 23.2 Å². The summed E-state index contributed by atoms with van der Waals surface area (Å²) in [5.41, 5.74) is 4.84. The highest BCUT2D eigenvalue weighted by Gasteiger charge is 2.13. The third kappa shape index (κ3) is 1.42. The van der Waals surface area contributed by atoms with Crippen LogP contribution >= 0.6 is 0 Å². The lowest BCUT2D eigenvalue weighted by molar-refractivity contribution is 0.279. The number of anilines is 1. The highest BCUT2D eigenvalue weighted by Crippen LogP contribution is 2.27. The standard InChI is InChI=1S/C11H15NO/c1-8-4-5-11-9(10(8)7-13)3-2-6-12-11/h4-5,12-13H,2-3,6-7H2,1H3. The molecule has 0 radical (unpaired) electrons. The van der Waals surface area contributed by atoms with Gasteiger partial charge in [-0.1, -0.05) is 6.07 Å². The number of benzene rings is 1. The Kier molecular flexibility index (Phi) is 2.23. The van der Waals surface area contributed by atoms with Crippen molar-refractivity contribution in [3.8, 4) is 0 Å². The lowest BCUT2D eigenvalue weighted by Crippen LogP contribution is -2.14.